The maximum absolute atomic E-state index is 6.04. The lowest BCUT2D eigenvalue weighted by molar-refractivity contribution is 1.34. The smallest absolute Gasteiger partial charge is 0.180 e. The highest BCUT2D eigenvalue weighted by molar-refractivity contribution is 7.13. The minimum Gasteiger partial charge on any atom is -0.375 e. The van der Waals surface area contributed by atoms with E-state index in [1.54, 1.807) is 0 Å². The highest BCUT2D eigenvalue weighted by Gasteiger charge is 2.08. The van der Waals surface area contributed by atoms with Crippen LogP contribution in [0.25, 0.3) is 11.3 Å². The number of aryl methyl sites for hydroxylation is 2. The van der Waals surface area contributed by atoms with Crippen LogP contribution in [0.4, 0.5) is 5.13 Å². The Morgan fingerprint density at radius 2 is 2.00 bits per heavy atom. The first-order valence-corrected chi connectivity index (χ1v) is 5.82. The Kier molecular flexibility index (Phi) is 2.67. The number of hydrogen-bond donors (Lipinski definition) is 1. The Bertz CT molecular complexity index is 505. The second-order valence-corrected chi connectivity index (χ2v) is 4.78. The van der Waals surface area contributed by atoms with Crippen molar-refractivity contribution in [1.82, 2.24) is 4.98 Å². The summed E-state index contributed by atoms with van der Waals surface area (Å²) >= 11 is 7.49. The van der Waals surface area contributed by atoms with E-state index in [-0.39, 0.29) is 0 Å². The Labute approximate surface area is 97.7 Å². The van der Waals surface area contributed by atoms with Crippen molar-refractivity contribution in [3.63, 3.8) is 0 Å². The van der Waals surface area contributed by atoms with E-state index in [0.717, 1.165) is 27.4 Å². The first kappa shape index (κ1) is 10.5. The third-order valence-corrected chi connectivity index (χ3v) is 3.38. The van der Waals surface area contributed by atoms with E-state index in [1.165, 1.54) is 11.3 Å². The molecule has 0 aliphatic heterocycles. The molecule has 0 aliphatic rings. The average molecular weight is 239 g/mol. The highest BCUT2D eigenvalue weighted by Crippen LogP contribution is 2.30. The molecular weight excluding hydrogens is 228 g/mol. The monoisotopic (exact) mass is 238 g/mol. The first-order chi connectivity index (χ1) is 7.08. The zero-order chi connectivity index (χ0) is 11.0. The number of hydrogen-bond acceptors (Lipinski definition) is 3. The number of nitrogens with two attached hydrogens (primary N) is 1. The first-order valence-electron chi connectivity index (χ1n) is 4.56. The van der Waals surface area contributed by atoms with Crippen LogP contribution in [0, 0.1) is 13.8 Å². The molecule has 1 heterocycles. The van der Waals surface area contributed by atoms with Crippen LogP contribution in [-0.2, 0) is 0 Å². The Morgan fingerprint density at radius 3 is 2.60 bits per heavy atom. The predicted octanol–water partition coefficient (Wildman–Crippen LogP) is 3.66. The van der Waals surface area contributed by atoms with Gasteiger partial charge in [-0.15, -0.1) is 11.3 Å². The summed E-state index contributed by atoms with van der Waals surface area (Å²) in [5.74, 6) is 0. The van der Waals surface area contributed by atoms with E-state index in [9.17, 15) is 0 Å². The van der Waals surface area contributed by atoms with Crippen LogP contribution in [0.15, 0.2) is 17.5 Å². The van der Waals surface area contributed by atoms with Gasteiger partial charge in [0.05, 0.1) is 5.69 Å². The molecule has 0 unspecified atom stereocenters. The van der Waals surface area contributed by atoms with Crippen molar-refractivity contribution >= 4 is 28.1 Å². The van der Waals surface area contributed by atoms with Crippen molar-refractivity contribution in [3.05, 3.63) is 33.7 Å². The molecule has 0 atom stereocenters. The van der Waals surface area contributed by atoms with Gasteiger partial charge < -0.3 is 5.73 Å². The van der Waals surface area contributed by atoms with Gasteiger partial charge in [0.2, 0.25) is 0 Å². The zero-order valence-corrected chi connectivity index (χ0v) is 10.1. The molecule has 1 aromatic heterocycles. The molecule has 0 saturated carbocycles. The Hall–Kier alpha value is -1.06. The number of halogens is 1. The second kappa shape index (κ2) is 3.83. The van der Waals surface area contributed by atoms with Gasteiger partial charge in [-0.3, -0.25) is 0 Å². The fraction of sp³-hybridized carbons (Fsp3) is 0.182. The van der Waals surface area contributed by atoms with Crippen molar-refractivity contribution in [3.8, 4) is 11.3 Å². The average Bonchev–Trinajstić information content (AvgIpc) is 2.58. The minimum absolute atomic E-state index is 0.594. The lowest BCUT2D eigenvalue weighted by Crippen LogP contribution is -1.88. The van der Waals surface area contributed by atoms with Gasteiger partial charge >= 0.3 is 0 Å². The third kappa shape index (κ3) is 1.98. The number of nitrogens with zero attached hydrogens (tertiary/aromatic N) is 1. The number of anilines is 1. The van der Waals surface area contributed by atoms with E-state index in [2.05, 4.69) is 4.98 Å². The lowest BCUT2D eigenvalue weighted by atomic mass is 10.0. The van der Waals surface area contributed by atoms with Gasteiger partial charge in [-0.2, -0.15) is 0 Å². The maximum atomic E-state index is 6.04. The number of benzene rings is 1. The molecule has 15 heavy (non-hydrogen) atoms. The summed E-state index contributed by atoms with van der Waals surface area (Å²) in [6, 6.07) is 4.01. The van der Waals surface area contributed by atoms with Gasteiger partial charge in [0.25, 0.3) is 0 Å². The van der Waals surface area contributed by atoms with Crippen molar-refractivity contribution in [1.29, 1.82) is 0 Å². The Morgan fingerprint density at radius 1 is 1.27 bits per heavy atom. The van der Waals surface area contributed by atoms with Crippen LogP contribution >= 0.6 is 22.9 Å². The molecular formula is C11H11ClN2S. The van der Waals surface area contributed by atoms with E-state index < -0.39 is 0 Å². The Balaban J connectivity index is 2.58. The van der Waals surface area contributed by atoms with Gasteiger partial charge in [0.15, 0.2) is 5.13 Å². The van der Waals surface area contributed by atoms with Gasteiger partial charge in [-0.25, -0.2) is 4.98 Å². The van der Waals surface area contributed by atoms with Gasteiger partial charge in [0.1, 0.15) is 0 Å². The summed E-state index contributed by atoms with van der Waals surface area (Å²) in [6.45, 7) is 4.01. The molecule has 0 radical (unpaired) electrons. The standard InChI is InChI=1S/C11H11ClN2S/c1-6-4-9(12)7(2)3-8(6)10-5-15-11(13)14-10/h3-5H,1-2H3,(H2,13,14). The number of rotatable bonds is 1. The minimum atomic E-state index is 0.594. The summed E-state index contributed by atoms with van der Waals surface area (Å²) in [6.07, 6.45) is 0. The molecule has 2 nitrogen and oxygen atoms in total. The molecule has 2 rings (SSSR count). The van der Waals surface area contributed by atoms with Crippen molar-refractivity contribution in [2.45, 2.75) is 13.8 Å². The highest BCUT2D eigenvalue weighted by atomic mass is 35.5. The molecule has 0 amide bonds. The number of aromatic nitrogens is 1. The molecule has 0 saturated heterocycles. The van der Waals surface area contributed by atoms with Crippen LogP contribution in [0.5, 0.6) is 0 Å². The van der Waals surface area contributed by atoms with E-state index in [0.29, 0.717) is 5.13 Å². The molecule has 2 aromatic rings. The van der Waals surface area contributed by atoms with E-state index >= 15 is 0 Å². The molecule has 0 bridgehead atoms. The van der Waals surface area contributed by atoms with Gasteiger partial charge in [-0.1, -0.05) is 11.6 Å². The van der Waals surface area contributed by atoms with Gasteiger partial charge in [0, 0.05) is 16.0 Å². The van der Waals surface area contributed by atoms with E-state index in [1.807, 2.05) is 31.4 Å². The molecule has 4 heteroatoms. The lowest BCUT2D eigenvalue weighted by Gasteiger charge is -2.06. The number of nitrogen functional groups attached to an aromatic ring is 1. The molecule has 0 spiro atoms. The number of thiazole rings is 1. The van der Waals surface area contributed by atoms with Crippen LogP contribution in [0.2, 0.25) is 5.02 Å². The summed E-state index contributed by atoms with van der Waals surface area (Å²) < 4.78 is 0. The molecule has 2 N–H and O–H groups in total. The van der Waals surface area contributed by atoms with Crippen LogP contribution < -0.4 is 5.73 Å². The van der Waals surface area contributed by atoms with Crippen LogP contribution in [0.1, 0.15) is 11.1 Å². The predicted molar refractivity (Wildman–Crippen MR) is 66.4 cm³/mol. The van der Waals surface area contributed by atoms with Crippen LogP contribution in [-0.4, -0.2) is 4.98 Å². The summed E-state index contributed by atoms with van der Waals surface area (Å²) in [7, 11) is 0. The molecule has 0 fully saturated rings. The maximum Gasteiger partial charge on any atom is 0.180 e. The van der Waals surface area contributed by atoms with Crippen molar-refractivity contribution in [2.75, 3.05) is 5.73 Å². The van der Waals surface area contributed by atoms with Crippen LogP contribution in [0.3, 0.4) is 0 Å². The SMILES string of the molecule is Cc1cc(-c2csc(N)n2)c(C)cc1Cl. The molecule has 1 aromatic carbocycles. The fourth-order valence-electron chi connectivity index (χ4n) is 1.47. The summed E-state index contributed by atoms with van der Waals surface area (Å²) in [5.41, 5.74) is 9.82. The second-order valence-electron chi connectivity index (χ2n) is 3.49. The fourth-order valence-corrected chi connectivity index (χ4v) is 2.25. The van der Waals surface area contributed by atoms with E-state index in [4.69, 9.17) is 17.3 Å². The quantitative estimate of drug-likeness (QED) is 0.824. The van der Waals surface area contributed by atoms with Crippen molar-refractivity contribution < 1.29 is 0 Å². The molecule has 0 aliphatic carbocycles. The summed E-state index contributed by atoms with van der Waals surface area (Å²) in [4.78, 5) is 4.27. The topological polar surface area (TPSA) is 38.9 Å². The zero-order valence-electron chi connectivity index (χ0n) is 8.54. The third-order valence-electron chi connectivity index (χ3n) is 2.30. The largest absolute Gasteiger partial charge is 0.375 e. The normalized spacial score (nSPS) is 10.6. The van der Waals surface area contributed by atoms with Crippen molar-refractivity contribution in [2.24, 2.45) is 0 Å². The molecule has 78 valence electrons. The summed E-state index contributed by atoms with van der Waals surface area (Å²) in [5, 5.41) is 3.35. The van der Waals surface area contributed by atoms with Gasteiger partial charge in [-0.05, 0) is 37.1 Å².